The van der Waals surface area contributed by atoms with E-state index in [1.165, 1.54) is 5.56 Å². The first-order valence-electron chi connectivity index (χ1n) is 8.63. The fourth-order valence-electron chi connectivity index (χ4n) is 3.41. The summed E-state index contributed by atoms with van der Waals surface area (Å²) in [6, 6.07) is 7.69. The van der Waals surface area contributed by atoms with Gasteiger partial charge in [0, 0.05) is 55.9 Å². The highest BCUT2D eigenvalue weighted by Crippen LogP contribution is 2.26. The largest absolute Gasteiger partial charge is 0.478 e. The van der Waals surface area contributed by atoms with Crippen molar-refractivity contribution in [2.75, 3.05) is 37.7 Å². The lowest BCUT2D eigenvalue weighted by atomic mass is 10.1. The van der Waals surface area contributed by atoms with Gasteiger partial charge in [0.2, 0.25) is 5.88 Å². The van der Waals surface area contributed by atoms with Crippen LogP contribution < -0.4 is 9.64 Å². The fraction of sp³-hybridized carbons (Fsp3) is 0.444. The van der Waals surface area contributed by atoms with Crippen molar-refractivity contribution in [3.05, 3.63) is 40.5 Å². The Bertz CT molecular complexity index is 773. The van der Waals surface area contributed by atoms with Crippen molar-refractivity contribution in [3.63, 3.8) is 0 Å². The first kappa shape index (κ1) is 16.3. The lowest BCUT2D eigenvalue weighted by Crippen LogP contribution is -2.49. The number of benzene rings is 1. The maximum Gasteiger partial charge on any atom is 0.274 e. The van der Waals surface area contributed by atoms with E-state index in [4.69, 9.17) is 16.3 Å². The van der Waals surface area contributed by atoms with Crippen LogP contribution in [0.15, 0.2) is 24.3 Å². The van der Waals surface area contributed by atoms with Gasteiger partial charge in [-0.1, -0.05) is 17.7 Å². The summed E-state index contributed by atoms with van der Waals surface area (Å²) in [5.74, 6) is 0.677. The van der Waals surface area contributed by atoms with Crippen molar-refractivity contribution < 1.29 is 9.53 Å². The highest BCUT2D eigenvalue weighted by Gasteiger charge is 2.26. The van der Waals surface area contributed by atoms with Gasteiger partial charge in [-0.25, -0.2) is 4.68 Å². The molecule has 0 bridgehead atoms. The Hall–Kier alpha value is -2.21. The summed E-state index contributed by atoms with van der Waals surface area (Å²) in [6.45, 7) is 6.51. The van der Waals surface area contributed by atoms with E-state index >= 15 is 0 Å². The number of hydrogen-bond acceptors (Lipinski definition) is 4. The van der Waals surface area contributed by atoms with Gasteiger partial charge in [-0.15, -0.1) is 0 Å². The third kappa shape index (κ3) is 3.18. The smallest absolute Gasteiger partial charge is 0.274 e. The monoisotopic (exact) mass is 360 g/mol. The molecule has 7 heteroatoms. The van der Waals surface area contributed by atoms with Crippen LogP contribution >= 0.6 is 11.6 Å². The summed E-state index contributed by atoms with van der Waals surface area (Å²) >= 11 is 6.13. The van der Waals surface area contributed by atoms with Gasteiger partial charge in [0.25, 0.3) is 5.91 Å². The van der Waals surface area contributed by atoms with Crippen LogP contribution in [0.3, 0.4) is 0 Å². The quantitative estimate of drug-likeness (QED) is 0.826. The molecule has 0 saturated carbocycles. The average Bonchev–Trinajstić information content (AvgIpc) is 3.07. The van der Waals surface area contributed by atoms with Crippen LogP contribution in [0, 0.1) is 6.92 Å². The van der Waals surface area contributed by atoms with Crippen LogP contribution in [0.25, 0.3) is 0 Å². The number of aryl methyl sites for hydroxylation is 2. The van der Waals surface area contributed by atoms with E-state index in [1.54, 1.807) is 10.7 Å². The van der Waals surface area contributed by atoms with Gasteiger partial charge in [0.1, 0.15) is 0 Å². The van der Waals surface area contributed by atoms with E-state index in [0.717, 1.165) is 36.8 Å². The van der Waals surface area contributed by atoms with Crippen molar-refractivity contribution in [1.82, 2.24) is 14.7 Å². The predicted molar refractivity (Wildman–Crippen MR) is 96.6 cm³/mol. The third-order valence-corrected chi connectivity index (χ3v) is 5.04. The first-order chi connectivity index (χ1) is 12.1. The molecule has 6 nitrogen and oxygen atoms in total. The number of anilines is 1. The number of nitrogens with zero attached hydrogens (tertiary/aromatic N) is 4. The average molecular weight is 361 g/mol. The Morgan fingerprint density at radius 3 is 2.72 bits per heavy atom. The van der Waals surface area contributed by atoms with Gasteiger partial charge in [0.15, 0.2) is 5.69 Å². The number of carbonyl (C=O) groups is 1. The molecule has 0 N–H and O–H groups in total. The molecular formula is C18H21ClN4O2. The zero-order valence-corrected chi connectivity index (χ0v) is 15.0. The van der Waals surface area contributed by atoms with E-state index in [9.17, 15) is 4.79 Å². The molecule has 1 aromatic heterocycles. The Balaban J connectivity index is 1.44. The molecule has 0 aliphatic carbocycles. The molecular weight excluding hydrogens is 340 g/mol. The molecule has 1 amide bonds. The van der Waals surface area contributed by atoms with Gasteiger partial charge < -0.3 is 14.5 Å². The van der Waals surface area contributed by atoms with Gasteiger partial charge in [-0.2, -0.15) is 5.10 Å². The minimum absolute atomic E-state index is 0.0204. The molecule has 132 valence electrons. The maximum atomic E-state index is 12.7. The number of fused-ring (bicyclic) bond motifs is 1. The molecule has 2 aromatic rings. The van der Waals surface area contributed by atoms with E-state index in [-0.39, 0.29) is 5.91 Å². The van der Waals surface area contributed by atoms with E-state index in [1.807, 2.05) is 23.1 Å². The topological polar surface area (TPSA) is 50.6 Å². The minimum Gasteiger partial charge on any atom is -0.478 e. The Kier molecular flexibility index (Phi) is 4.29. The number of hydrogen-bond donors (Lipinski definition) is 0. The molecule has 0 unspecified atom stereocenters. The Morgan fingerprint density at radius 2 is 1.96 bits per heavy atom. The normalized spacial score (nSPS) is 17.2. The molecule has 2 aliphatic rings. The summed E-state index contributed by atoms with van der Waals surface area (Å²) < 4.78 is 7.33. The minimum atomic E-state index is -0.0204. The van der Waals surface area contributed by atoms with Crippen LogP contribution in [-0.4, -0.2) is 53.4 Å². The molecule has 4 rings (SSSR count). The molecule has 1 saturated heterocycles. The van der Waals surface area contributed by atoms with Crippen molar-refractivity contribution in [2.24, 2.45) is 0 Å². The van der Waals surface area contributed by atoms with Crippen molar-refractivity contribution in [2.45, 2.75) is 19.9 Å². The molecule has 0 spiro atoms. The van der Waals surface area contributed by atoms with Gasteiger partial charge in [-0.3, -0.25) is 4.79 Å². The number of halogens is 1. The predicted octanol–water partition coefficient (Wildman–Crippen LogP) is 2.59. The second kappa shape index (κ2) is 6.59. The standard InChI is InChI=1S/C18H21ClN4O2/c1-13-3-4-14(19)11-16(13)21-6-8-22(9-7-21)18(24)15-12-17-23(20-15)5-2-10-25-17/h3-4,11-12H,2,5-10H2,1H3. The summed E-state index contributed by atoms with van der Waals surface area (Å²) in [4.78, 5) is 16.9. The number of aromatic nitrogens is 2. The zero-order chi connectivity index (χ0) is 17.4. The lowest BCUT2D eigenvalue weighted by Gasteiger charge is -2.36. The van der Waals surface area contributed by atoms with Crippen LogP contribution in [-0.2, 0) is 6.54 Å². The molecule has 0 atom stereocenters. The van der Waals surface area contributed by atoms with Crippen LogP contribution in [0.5, 0.6) is 5.88 Å². The Labute approximate surface area is 151 Å². The first-order valence-corrected chi connectivity index (χ1v) is 9.00. The zero-order valence-electron chi connectivity index (χ0n) is 14.2. The molecule has 3 heterocycles. The Morgan fingerprint density at radius 1 is 1.16 bits per heavy atom. The summed E-state index contributed by atoms with van der Waals surface area (Å²) in [5, 5.41) is 5.14. The van der Waals surface area contributed by atoms with Crippen molar-refractivity contribution in [3.8, 4) is 5.88 Å². The SMILES string of the molecule is Cc1ccc(Cl)cc1N1CCN(C(=O)c2cc3n(n2)CCCO3)CC1. The van der Waals surface area contributed by atoms with Crippen LogP contribution in [0.4, 0.5) is 5.69 Å². The number of piperazine rings is 1. The molecule has 0 radical (unpaired) electrons. The summed E-state index contributed by atoms with van der Waals surface area (Å²) in [7, 11) is 0. The highest BCUT2D eigenvalue weighted by molar-refractivity contribution is 6.30. The van der Waals surface area contributed by atoms with Gasteiger partial charge in [-0.05, 0) is 24.6 Å². The fourth-order valence-corrected chi connectivity index (χ4v) is 3.57. The number of rotatable bonds is 2. The summed E-state index contributed by atoms with van der Waals surface area (Å²) in [6.07, 6.45) is 0.931. The highest BCUT2D eigenvalue weighted by atomic mass is 35.5. The number of ether oxygens (including phenoxy) is 1. The summed E-state index contributed by atoms with van der Waals surface area (Å²) in [5.41, 5.74) is 2.82. The molecule has 25 heavy (non-hydrogen) atoms. The van der Waals surface area contributed by atoms with Gasteiger partial charge >= 0.3 is 0 Å². The number of carbonyl (C=O) groups excluding carboxylic acids is 1. The molecule has 2 aliphatic heterocycles. The van der Waals surface area contributed by atoms with Gasteiger partial charge in [0.05, 0.1) is 6.61 Å². The molecule has 1 aromatic carbocycles. The maximum absolute atomic E-state index is 12.7. The van der Waals surface area contributed by atoms with E-state index < -0.39 is 0 Å². The lowest BCUT2D eigenvalue weighted by molar-refractivity contribution is 0.0740. The molecule has 1 fully saturated rings. The third-order valence-electron chi connectivity index (χ3n) is 4.81. The van der Waals surface area contributed by atoms with E-state index in [2.05, 4.69) is 16.9 Å². The second-order valence-electron chi connectivity index (χ2n) is 6.50. The number of amides is 1. The van der Waals surface area contributed by atoms with Crippen LogP contribution in [0.1, 0.15) is 22.5 Å². The van der Waals surface area contributed by atoms with Crippen molar-refractivity contribution >= 4 is 23.2 Å². The van der Waals surface area contributed by atoms with E-state index in [0.29, 0.717) is 31.3 Å². The van der Waals surface area contributed by atoms with Crippen LogP contribution in [0.2, 0.25) is 5.02 Å². The van der Waals surface area contributed by atoms with Crippen molar-refractivity contribution in [1.29, 1.82) is 0 Å². The second-order valence-corrected chi connectivity index (χ2v) is 6.94.